The van der Waals surface area contributed by atoms with Crippen molar-refractivity contribution in [2.45, 2.75) is 58.7 Å². The van der Waals surface area contributed by atoms with Crippen LogP contribution in [0.5, 0.6) is 5.75 Å². The van der Waals surface area contributed by atoms with Crippen molar-refractivity contribution in [2.24, 2.45) is 0 Å². The molecule has 0 saturated heterocycles. The van der Waals surface area contributed by atoms with E-state index in [2.05, 4.69) is 12.2 Å². The highest BCUT2D eigenvalue weighted by Gasteiger charge is 2.18. The first-order valence-electron chi connectivity index (χ1n) is 13.4. The van der Waals surface area contributed by atoms with Gasteiger partial charge in [0.25, 0.3) is 0 Å². The fourth-order valence-corrected chi connectivity index (χ4v) is 4.39. The number of ether oxygens (including phenoxy) is 3. The fourth-order valence-electron chi connectivity index (χ4n) is 3.82. The second-order valence-corrected chi connectivity index (χ2v) is 9.96. The van der Waals surface area contributed by atoms with Crippen molar-refractivity contribution in [1.29, 1.82) is 0 Å². The Kier molecular flexibility index (Phi) is 15.7. The molecule has 0 aliphatic rings. The molecule has 2 aromatic rings. The van der Waals surface area contributed by atoms with Crippen LogP contribution >= 0.6 is 23.2 Å². The molecule has 0 aromatic heterocycles. The zero-order valence-corrected chi connectivity index (χ0v) is 24.3. The van der Waals surface area contributed by atoms with Crippen molar-refractivity contribution in [3.8, 4) is 5.75 Å². The molecule has 0 radical (unpaired) electrons. The maximum atomic E-state index is 12.7. The average Bonchev–Trinajstić information content (AvgIpc) is 2.89. The van der Waals surface area contributed by atoms with Crippen LogP contribution in [0.3, 0.4) is 0 Å². The molecule has 1 atom stereocenters. The third kappa shape index (κ3) is 13.4. The Bertz CT molecular complexity index is 986. The number of rotatable bonds is 19. The number of carboxylic acid groups (broad SMARTS) is 1. The molecule has 0 bridgehead atoms. The number of amides is 2. The van der Waals surface area contributed by atoms with E-state index in [4.69, 9.17) is 37.4 Å². The maximum absolute atomic E-state index is 12.7. The van der Waals surface area contributed by atoms with Gasteiger partial charge in [-0.3, -0.25) is 0 Å². The Hall–Kier alpha value is -2.52. The molecule has 0 saturated carbocycles. The van der Waals surface area contributed by atoms with E-state index >= 15 is 0 Å². The Morgan fingerprint density at radius 1 is 0.949 bits per heavy atom. The molecule has 10 heteroatoms. The van der Waals surface area contributed by atoms with E-state index in [0.29, 0.717) is 61.9 Å². The summed E-state index contributed by atoms with van der Waals surface area (Å²) in [5.74, 6) is -0.324. The first-order valence-corrected chi connectivity index (χ1v) is 14.2. The van der Waals surface area contributed by atoms with Gasteiger partial charge in [0.1, 0.15) is 12.4 Å². The molecule has 2 N–H and O–H groups in total. The van der Waals surface area contributed by atoms with E-state index in [9.17, 15) is 14.7 Å². The zero-order chi connectivity index (χ0) is 28.5. The number of benzene rings is 2. The lowest BCUT2D eigenvalue weighted by atomic mass is 10.1. The van der Waals surface area contributed by atoms with E-state index in [1.807, 2.05) is 24.3 Å². The average molecular weight is 584 g/mol. The summed E-state index contributed by atoms with van der Waals surface area (Å²) in [6.07, 6.45) is 2.93. The molecule has 2 rings (SSSR count). The third-order valence-corrected chi connectivity index (χ3v) is 6.31. The lowest BCUT2D eigenvalue weighted by Crippen LogP contribution is -2.43. The summed E-state index contributed by atoms with van der Waals surface area (Å²) in [4.78, 5) is 25.8. The zero-order valence-electron chi connectivity index (χ0n) is 22.8. The number of urea groups is 1. The number of halogens is 2. The number of nitrogens with one attached hydrogen (secondary N) is 1. The first kappa shape index (κ1) is 32.7. The summed E-state index contributed by atoms with van der Waals surface area (Å²) < 4.78 is 16.9. The lowest BCUT2D eigenvalue weighted by Gasteiger charge is -2.23. The summed E-state index contributed by atoms with van der Waals surface area (Å²) in [7, 11) is 0. The van der Waals surface area contributed by atoms with Crippen LogP contribution in [0.15, 0.2) is 42.5 Å². The van der Waals surface area contributed by atoms with Crippen LogP contribution in [0, 0.1) is 0 Å². The fraction of sp³-hybridized carbons (Fsp3) is 0.517. The normalized spacial score (nSPS) is 11.7. The molecule has 0 aliphatic heterocycles. The molecule has 2 amide bonds. The summed E-state index contributed by atoms with van der Waals surface area (Å²) in [6, 6.07) is 12.5. The number of carboxylic acids is 1. The number of hydrogen-bond donors (Lipinski definition) is 2. The van der Waals surface area contributed by atoms with Crippen LogP contribution < -0.4 is 10.1 Å². The second-order valence-electron chi connectivity index (χ2n) is 9.09. The molecule has 0 aliphatic carbocycles. The van der Waals surface area contributed by atoms with E-state index in [-0.39, 0.29) is 12.5 Å². The standard InChI is InChI=1S/C29H40Cl2N2O6/c1-3-5-12-32-29(36)33(13-6-7-15-37-21-23-17-24(30)20-25(31)18-23)14-16-39-26-10-8-22(9-11-26)19-27(28(34)35)38-4-2/h8-11,17-18,20,27H,3-7,12-16,19,21H2,1-2H3,(H,32,36)(H,34,35). The van der Waals surface area contributed by atoms with E-state index < -0.39 is 12.1 Å². The van der Waals surface area contributed by atoms with Crippen molar-refractivity contribution in [3.63, 3.8) is 0 Å². The van der Waals surface area contributed by atoms with Gasteiger partial charge < -0.3 is 29.5 Å². The minimum atomic E-state index is -0.980. The first-order chi connectivity index (χ1) is 18.8. The van der Waals surface area contributed by atoms with Gasteiger partial charge >= 0.3 is 12.0 Å². The van der Waals surface area contributed by atoms with Gasteiger partial charge in [-0.1, -0.05) is 48.7 Å². The Labute approximate surface area is 241 Å². The number of aliphatic carboxylic acids is 1. The number of nitrogens with zero attached hydrogens (tertiary/aromatic N) is 1. The highest BCUT2D eigenvalue weighted by Crippen LogP contribution is 2.19. The second kappa shape index (κ2) is 18.7. The number of carbonyl (C=O) groups excluding carboxylic acids is 1. The Balaban J connectivity index is 1.78. The molecule has 0 fully saturated rings. The van der Waals surface area contributed by atoms with Crippen molar-refractivity contribution in [2.75, 3.05) is 39.5 Å². The summed E-state index contributed by atoms with van der Waals surface area (Å²) in [6.45, 7) is 7.18. The molecule has 216 valence electrons. The van der Waals surface area contributed by atoms with Gasteiger partial charge in [-0.25, -0.2) is 9.59 Å². The highest BCUT2D eigenvalue weighted by molar-refractivity contribution is 6.34. The highest BCUT2D eigenvalue weighted by atomic mass is 35.5. The lowest BCUT2D eigenvalue weighted by molar-refractivity contribution is -0.149. The van der Waals surface area contributed by atoms with Crippen LogP contribution in [0.1, 0.15) is 50.7 Å². The minimum Gasteiger partial charge on any atom is -0.492 e. The van der Waals surface area contributed by atoms with Crippen molar-refractivity contribution in [3.05, 3.63) is 63.6 Å². The molecule has 1 unspecified atom stereocenters. The smallest absolute Gasteiger partial charge is 0.333 e. The summed E-state index contributed by atoms with van der Waals surface area (Å²) in [5.41, 5.74) is 1.77. The molecule has 0 spiro atoms. The van der Waals surface area contributed by atoms with E-state index in [1.54, 1.807) is 30.0 Å². The van der Waals surface area contributed by atoms with Crippen LogP contribution in [0.4, 0.5) is 4.79 Å². The van der Waals surface area contributed by atoms with Gasteiger partial charge in [0.15, 0.2) is 6.10 Å². The van der Waals surface area contributed by atoms with Gasteiger partial charge in [0.2, 0.25) is 0 Å². The Morgan fingerprint density at radius 3 is 2.31 bits per heavy atom. The minimum absolute atomic E-state index is 0.104. The molecule has 39 heavy (non-hydrogen) atoms. The van der Waals surface area contributed by atoms with Gasteiger partial charge in [-0.05, 0) is 67.6 Å². The van der Waals surface area contributed by atoms with Crippen LogP contribution in [0.2, 0.25) is 10.0 Å². The van der Waals surface area contributed by atoms with E-state index in [1.165, 1.54) is 0 Å². The van der Waals surface area contributed by atoms with Crippen molar-refractivity contribution in [1.82, 2.24) is 10.2 Å². The maximum Gasteiger partial charge on any atom is 0.333 e. The largest absolute Gasteiger partial charge is 0.492 e. The van der Waals surface area contributed by atoms with Gasteiger partial charge in [-0.15, -0.1) is 0 Å². The Morgan fingerprint density at radius 2 is 1.67 bits per heavy atom. The molecule has 0 heterocycles. The third-order valence-electron chi connectivity index (χ3n) is 5.87. The van der Waals surface area contributed by atoms with Crippen molar-refractivity contribution >= 4 is 35.2 Å². The van der Waals surface area contributed by atoms with Crippen LogP contribution in [0.25, 0.3) is 0 Å². The number of carbonyl (C=O) groups is 2. The predicted octanol–water partition coefficient (Wildman–Crippen LogP) is 6.21. The molecular formula is C29H40Cl2N2O6. The van der Waals surface area contributed by atoms with Gasteiger partial charge in [-0.2, -0.15) is 0 Å². The molecular weight excluding hydrogens is 543 g/mol. The number of unbranched alkanes of at least 4 members (excludes halogenated alkanes) is 2. The number of hydrogen-bond acceptors (Lipinski definition) is 5. The quantitative estimate of drug-likeness (QED) is 0.191. The topological polar surface area (TPSA) is 97.3 Å². The van der Waals surface area contributed by atoms with E-state index in [0.717, 1.165) is 36.8 Å². The summed E-state index contributed by atoms with van der Waals surface area (Å²) in [5, 5.41) is 13.4. The summed E-state index contributed by atoms with van der Waals surface area (Å²) >= 11 is 12.1. The molecule has 2 aromatic carbocycles. The van der Waals surface area contributed by atoms with Crippen LogP contribution in [-0.2, 0) is 27.3 Å². The van der Waals surface area contributed by atoms with Crippen LogP contribution in [-0.4, -0.2) is 67.6 Å². The van der Waals surface area contributed by atoms with Crippen molar-refractivity contribution < 1.29 is 28.9 Å². The monoisotopic (exact) mass is 582 g/mol. The van der Waals surface area contributed by atoms with Gasteiger partial charge in [0.05, 0.1) is 13.2 Å². The van der Waals surface area contributed by atoms with Gasteiger partial charge in [0, 0.05) is 42.8 Å². The SMILES string of the molecule is CCCCNC(=O)N(CCCCOCc1cc(Cl)cc(Cl)c1)CCOc1ccc(CC(OCC)C(=O)O)cc1. The predicted molar refractivity (Wildman–Crippen MR) is 154 cm³/mol. The molecule has 8 nitrogen and oxygen atoms in total.